The first-order chi connectivity index (χ1) is 14.4. The molecule has 2 aliphatic rings. The molecule has 1 aromatic heterocycles. The monoisotopic (exact) mass is 425 g/mol. The number of fused-ring (bicyclic) bond motifs is 1. The Labute approximate surface area is 178 Å². The molecule has 3 heterocycles. The zero-order valence-electron chi connectivity index (χ0n) is 16.7. The molecule has 0 unspecified atom stereocenters. The van der Waals surface area contributed by atoms with Crippen LogP contribution in [-0.4, -0.2) is 69.7 Å². The van der Waals surface area contributed by atoms with E-state index in [4.69, 9.17) is 5.26 Å². The molecule has 9 heteroatoms. The number of carbonyl (C=O) groups is 2. The number of aliphatic hydroxyl groups is 1. The van der Waals surface area contributed by atoms with Gasteiger partial charge in [-0.05, 0) is 30.7 Å². The van der Waals surface area contributed by atoms with Gasteiger partial charge in [0.05, 0.1) is 35.2 Å². The number of hydrogen-bond donors (Lipinski definition) is 2. The van der Waals surface area contributed by atoms with E-state index in [0.717, 1.165) is 5.69 Å². The second kappa shape index (κ2) is 8.13. The average molecular weight is 426 g/mol. The van der Waals surface area contributed by atoms with E-state index < -0.39 is 11.6 Å². The molecule has 0 spiro atoms. The Bertz CT molecular complexity index is 1030. The van der Waals surface area contributed by atoms with Crippen LogP contribution in [-0.2, 0) is 4.79 Å². The molecule has 2 amide bonds. The number of carbonyl (C=O) groups excluding carboxylic acids is 2. The van der Waals surface area contributed by atoms with Gasteiger partial charge < -0.3 is 20.2 Å². The summed E-state index contributed by atoms with van der Waals surface area (Å²) < 4.78 is 0. The third-order valence-electron chi connectivity index (χ3n) is 5.72. The van der Waals surface area contributed by atoms with E-state index in [-0.39, 0.29) is 18.4 Å². The number of pyridine rings is 1. The maximum absolute atomic E-state index is 12.8. The minimum absolute atomic E-state index is 0.156. The van der Waals surface area contributed by atoms with Gasteiger partial charge in [-0.3, -0.25) is 14.6 Å². The number of benzene rings is 1. The Morgan fingerprint density at radius 1 is 1.40 bits per heavy atom. The lowest BCUT2D eigenvalue weighted by atomic mass is 9.90. The number of nitriles is 1. The molecule has 0 saturated carbocycles. The minimum atomic E-state index is -0.653. The lowest BCUT2D eigenvalue weighted by Crippen LogP contribution is -2.61. The molecule has 8 nitrogen and oxygen atoms in total. The van der Waals surface area contributed by atoms with Crippen LogP contribution in [0.1, 0.15) is 23.7 Å². The standard InChI is InChI=1S/C21H23N5O3S/c1-2-21(29)11-25(12-21)14-3-4-18-17(7-14)16(5-6-23-18)20(28)24-9-19(27)26-13-30-10-15(26)8-22/h3-7,15,29H,2,9-13H2,1H3,(H,24,28)/t15-/m1/s1. The molecule has 0 aliphatic carbocycles. The van der Waals surface area contributed by atoms with E-state index in [1.54, 1.807) is 12.3 Å². The maximum Gasteiger partial charge on any atom is 0.252 e. The van der Waals surface area contributed by atoms with Crippen molar-refractivity contribution in [2.45, 2.75) is 25.0 Å². The van der Waals surface area contributed by atoms with Gasteiger partial charge in [0.2, 0.25) is 5.91 Å². The number of nitrogens with zero attached hydrogens (tertiary/aromatic N) is 4. The fourth-order valence-corrected chi connectivity index (χ4v) is 4.85. The summed E-state index contributed by atoms with van der Waals surface area (Å²) in [4.78, 5) is 33.1. The first-order valence-corrected chi connectivity index (χ1v) is 11.0. The molecule has 1 aromatic carbocycles. The Balaban J connectivity index is 1.49. The van der Waals surface area contributed by atoms with E-state index >= 15 is 0 Å². The summed E-state index contributed by atoms with van der Waals surface area (Å²) in [5.41, 5.74) is 1.39. The van der Waals surface area contributed by atoms with Crippen LogP contribution in [0.5, 0.6) is 0 Å². The molecule has 1 atom stereocenters. The number of thioether (sulfide) groups is 1. The van der Waals surface area contributed by atoms with Crippen LogP contribution in [0.4, 0.5) is 5.69 Å². The van der Waals surface area contributed by atoms with Crippen molar-refractivity contribution in [3.8, 4) is 6.07 Å². The zero-order valence-corrected chi connectivity index (χ0v) is 17.5. The second-order valence-electron chi connectivity index (χ2n) is 7.68. The van der Waals surface area contributed by atoms with Crippen molar-refractivity contribution >= 4 is 40.2 Å². The Morgan fingerprint density at radius 2 is 2.20 bits per heavy atom. The van der Waals surface area contributed by atoms with Crippen LogP contribution < -0.4 is 10.2 Å². The summed E-state index contributed by atoms with van der Waals surface area (Å²) in [6, 6.07) is 9.00. The number of anilines is 1. The molecule has 2 fully saturated rings. The largest absolute Gasteiger partial charge is 0.386 e. The van der Waals surface area contributed by atoms with Crippen LogP contribution in [0.2, 0.25) is 0 Å². The van der Waals surface area contributed by atoms with Crippen molar-refractivity contribution in [1.29, 1.82) is 5.26 Å². The molecule has 0 bridgehead atoms. The number of amides is 2. The maximum atomic E-state index is 12.8. The molecular weight excluding hydrogens is 402 g/mol. The number of rotatable bonds is 5. The Kier molecular flexibility index (Phi) is 5.54. The third-order valence-corrected chi connectivity index (χ3v) is 6.73. The summed E-state index contributed by atoms with van der Waals surface area (Å²) in [5.74, 6) is 0.437. The molecule has 2 saturated heterocycles. The van der Waals surface area contributed by atoms with E-state index in [9.17, 15) is 14.7 Å². The van der Waals surface area contributed by atoms with Gasteiger partial charge in [-0.15, -0.1) is 11.8 Å². The van der Waals surface area contributed by atoms with Crippen LogP contribution in [0, 0.1) is 11.3 Å². The molecule has 2 aliphatic heterocycles. The van der Waals surface area contributed by atoms with Crippen LogP contribution in [0.3, 0.4) is 0 Å². The van der Waals surface area contributed by atoms with Gasteiger partial charge in [-0.2, -0.15) is 5.26 Å². The molecule has 2 N–H and O–H groups in total. The first-order valence-electron chi connectivity index (χ1n) is 9.85. The smallest absolute Gasteiger partial charge is 0.252 e. The quantitative estimate of drug-likeness (QED) is 0.744. The highest BCUT2D eigenvalue weighted by Gasteiger charge is 2.39. The number of β-amino-alcohol motifs (C(OH)–C–C–N with tert-alkyl or cyclic N) is 1. The number of nitrogens with one attached hydrogen (secondary N) is 1. The topological polar surface area (TPSA) is 110 Å². The zero-order chi connectivity index (χ0) is 21.3. The molecule has 156 valence electrons. The van der Waals surface area contributed by atoms with Crippen LogP contribution in [0.25, 0.3) is 10.9 Å². The number of hydrogen-bond acceptors (Lipinski definition) is 7. The molecule has 4 rings (SSSR count). The lowest BCUT2D eigenvalue weighted by molar-refractivity contribution is -0.129. The highest BCUT2D eigenvalue weighted by atomic mass is 32.2. The predicted molar refractivity (Wildman–Crippen MR) is 115 cm³/mol. The molecule has 0 radical (unpaired) electrons. The average Bonchev–Trinajstić information content (AvgIpc) is 3.23. The van der Waals surface area contributed by atoms with Crippen molar-refractivity contribution in [2.24, 2.45) is 0 Å². The summed E-state index contributed by atoms with van der Waals surface area (Å²) in [6.45, 7) is 2.92. The van der Waals surface area contributed by atoms with Crippen molar-refractivity contribution < 1.29 is 14.7 Å². The minimum Gasteiger partial charge on any atom is -0.386 e. The SMILES string of the molecule is CCC1(O)CN(c2ccc3nccc(C(=O)NCC(=O)N4CSC[C@H]4C#N)c3c2)C1. The van der Waals surface area contributed by atoms with E-state index in [1.807, 2.05) is 25.1 Å². The van der Waals surface area contributed by atoms with E-state index in [1.165, 1.54) is 16.7 Å². The van der Waals surface area contributed by atoms with E-state index in [2.05, 4.69) is 21.3 Å². The highest BCUT2D eigenvalue weighted by molar-refractivity contribution is 7.99. The highest BCUT2D eigenvalue weighted by Crippen LogP contribution is 2.32. The van der Waals surface area contributed by atoms with Gasteiger partial charge in [-0.25, -0.2) is 0 Å². The fourth-order valence-electron chi connectivity index (χ4n) is 3.75. The lowest BCUT2D eigenvalue weighted by Gasteiger charge is -2.47. The predicted octanol–water partition coefficient (Wildman–Crippen LogP) is 1.35. The first kappa shape index (κ1) is 20.4. The fraction of sp³-hybridized carbons (Fsp3) is 0.429. The van der Waals surface area contributed by atoms with Crippen molar-refractivity contribution in [3.63, 3.8) is 0 Å². The summed E-state index contributed by atoms with van der Waals surface area (Å²) in [6.07, 6.45) is 2.27. The summed E-state index contributed by atoms with van der Waals surface area (Å²) in [5, 5.41) is 22.8. The van der Waals surface area contributed by atoms with Gasteiger partial charge in [0.1, 0.15) is 6.04 Å². The Hall–Kier alpha value is -2.83. The molecule has 2 aromatic rings. The van der Waals surface area contributed by atoms with E-state index in [0.29, 0.717) is 47.6 Å². The van der Waals surface area contributed by atoms with Gasteiger partial charge in [0.15, 0.2) is 0 Å². The second-order valence-corrected chi connectivity index (χ2v) is 8.68. The van der Waals surface area contributed by atoms with Gasteiger partial charge in [0.25, 0.3) is 5.91 Å². The van der Waals surface area contributed by atoms with Gasteiger partial charge in [-0.1, -0.05) is 6.92 Å². The Morgan fingerprint density at radius 3 is 2.93 bits per heavy atom. The van der Waals surface area contributed by atoms with Gasteiger partial charge >= 0.3 is 0 Å². The normalized spacial score (nSPS) is 20.0. The van der Waals surface area contributed by atoms with Gasteiger partial charge in [0, 0.05) is 36.1 Å². The van der Waals surface area contributed by atoms with Crippen LogP contribution >= 0.6 is 11.8 Å². The van der Waals surface area contributed by atoms with Crippen molar-refractivity contribution in [3.05, 3.63) is 36.0 Å². The molecule has 30 heavy (non-hydrogen) atoms. The number of aromatic nitrogens is 1. The third kappa shape index (κ3) is 3.80. The van der Waals surface area contributed by atoms with Crippen molar-refractivity contribution in [2.75, 3.05) is 36.2 Å². The molecular formula is C21H23N5O3S. The summed E-state index contributed by atoms with van der Waals surface area (Å²) in [7, 11) is 0. The van der Waals surface area contributed by atoms with Crippen molar-refractivity contribution in [1.82, 2.24) is 15.2 Å². The van der Waals surface area contributed by atoms with Crippen LogP contribution in [0.15, 0.2) is 30.5 Å². The summed E-state index contributed by atoms with van der Waals surface area (Å²) >= 11 is 1.53.